The van der Waals surface area contributed by atoms with E-state index in [4.69, 9.17) is 0 Å². The van der Waals surface area contributed by atoms with Crippen LogP contribution in [-0.2, 0) is 33.7 Å². The number of benzene rings is 3. The number of rotatable bonds is 3. The molecule has 7 rings (SSSR count). The molecule has 8 heteroatoms. The first-order chi connectivity index (χ1) is 16.9. The van der Waals surface area contributed by atoms with Crippen molar-refractivity contribution in [2.24, 2.45) is 0 Å². The van der Waals surface area contributed by atoms with Crippen LogP contribution in [0.15, 0.2) is 91.0 Å². The molecule has 4 nitrogen and oxygen atoms in total. The van der Waals surface area contributed by atoms with Crippen molar-refractivity contribution in [1.29, 1.82) is 0 Å². The van der Waals surface area contributed by atoms with Crippen molar-refractivity contribution in [3.63, 3.8) is 0 Å². The van der Waals surface area contributed by atoms with Gasteiger partial charge in [0.05, 0.1) is 66.5 Å². The molecule has 0 unspecified atom stereocenters. The second-order valence-electron chi connectivity index (χ2n) is 8.82. The van der Waals surface area contributed by atoms with Crippen LogP contribution in [0.1, 0.15) is 0 Å². The zero-order valence-electron chi connectivity index (χ0n) is 20.4. The van der Waals surface area contributed by atoms with Gasteiger partial charge in [0.15, 0.2) is 0 Å². The van der Waals surface area contributed by atoms with E-state index in [1.165, 1.54) is 68.3 Å². The van der Waals surface area contributed by atoms with Crippen molar-refractivity contribution in [3.8, 4) is 0 Å². The van der Waals surface area contributed by atoms with Gasteiger partial charge in [0, 0.05) is 0 Å². The van der Waals surface area contributed by atoms with Crippen molar-refractivity contribution in [3.05, 3.63) is 91.0 Å². The fourth-order valence-corrected chi connectivity index (χ4v) is 13.4. The Kier molecular flexibility index (Phi) is 10.0. The molecule has 0 bridgehead atoms. The minimum absolute atomic E-state index is 0. The van der Waals surface area contributed by atoms with E-state index in [0.717, 1.165) is 0 Å². The Labute approximate surface area is 232 Å². The third-order valence-electron chi connectivity index (χ3n) is 7.17. The largest absolute Gasteiger partial charge is 2.00 e. The molecule has 3 aromatic rings. The summed E-state index contributed by atoms with van der Waals surface area (Å²) in [4.78, 5) is 0. The molecule has 0 amide bonds. The topological polar surface area (TPSA) is 13.0 Å². The van der Waals surface area contributed by atoms with Crippen LogP contribution in [0.4, 0.5) is 0 Å². The molecule has 0 atom stereocenters. The number of nitrogens with zero attached hydrogens (tertiary/aromatic N) is 4. The SMILES string of the molecule is C1CN2CCN3CCN4CCN1[P+]243.C[SH2+].[Pt+2].c1ccc([PH+](c2ccccc2)c2ccccc2)cc1. The summed E-state index contributed by atoms with van der Waals surface area (Å²) in [7, 11) is -1.88. The van der Waals surface area contributed by atoms with Gasteiger partial charge in [0.1, 0.15) is 15.9 Å². The zero-order valence-corrected chi connectivity index (χ0v) is 25.5. The summed E-state index contributed by atoms with van der Waals surface area (Å²) in [5.41, 5.74) is 0. The standard InChI is InChI=1S/C18H15P.C8H16N4P.CH4S.Pt/c1-4-10-16(11-5-1)19(17-12-6-2-7-13-17)18-14-8-3-9-15-18;1-2-10-5-6-12-8-7-11-4-3-9(1)13(10,11)12;1-2;/h1-15H;1-8H2;2H,1H3;/q;+1;;+2/p+2. The van der Waals surface area contributed by atoms with E-state index >= 15 is 0 Å². The molecule has 4 aliphatic heterocycles. The smallest absolute Gasteiger partial charge is 0.130 e. The molecule has 4 heterocycles. The predicted octanol–water partition coefficient (Wildman–Crippen LogP) is 2.73. The minimum atomic E-state index is -1.01. The van der Waals surface area contributed by atoms with Gasteiger partial charge < -0.3 is 0 Å². The monoisotopic (exact) mass is 706 g/mol. The normalized spacial score (nSPS) is 20.3. The quantitative estimate of drug-likeness (QED) is 0.307. The Morgan fingerprint density at radius 2 is 0.714 bits per heavy atom. The minimum Gasteiger partial charge on any atom is -0.130 e. The van der Waals surface area contributed by atoms with Crippen LogP contribution in [-0.4, -0.2) is 77.3 Å². The van der Waals surface area contributed by atoms with Crippen LogP contribution in [0.25, 0.3) is 0 Å². The molecule has 4 fully saturated rings. The van der Waals surface area contributed by atoms with Gasteiger partial charge in [0.25, 0.3) is 0 Å². The Balaban J connectivity index is 0.000000157. The number of hydrogen-bond donors (Lipinski definition) is 0. The summed E-state index contributed by atoms with van der Waals surface area (Å²) < 4.78 is 11.1. The van der Waals surface area contributed by atoms with E-state index < -0.39 is 15.8 Å². The van der Waals surface area contributed by atoms with Crippen molar-refractivity contribution in [2.75, 3.05) is 58.6 Å². The Hall–Kier alpha value is -0.602. The molecule has 0 aromatic heterocycles. The van der Waals surface area contributed by atoms with Gasteiger partial charge in [-0.05, 0) is 49.0 Å². The van der Waals surface area contributed by atoms with Gasteiger partial charge in [-0.1, -0.05) is 54.6 Å². The predicted molar refractivity (Wildman–Crippen MR) is 156 cm³/mol. The van der Waals surface area contributed by atoms with Gasteiger partial charge in [-0.3, -0.25) is 0 Å². The Bertz CT molecular complexity index is 883. The summed E-state index contributed by atoms with van der Waals surface area (Å²) in [6, 6.07) is 32.5. The average Bonchev–Trinajstić information content (AvgIpc) is 3.63. The first-order valence-electron chi connectivity index (χ1n) is 12.3. The van der Waals surface area contributed by atoms with Gasteiger partial charge in [0.2, 0.25) is 0 Å². The summed E-state index contributed by atoms with van der Waals surface area (Å²) in [5.74, 6) is 0. The summed E-state index contributed by atoms with van der Waals surface area (Å²) in [6.07, 6.45) is 1.81. The molecular formula is C27H37N4P2PtS+5. The van der Waals surface area contributed by atoms with Crippen LogP contribution >= 0.6 is 15.8 Å². The summed E-state index contributed by atoms with van der Waals surface area (Å²) in [6.45, 7) is 10.7. The van der Waals surface area contributed by atoms with Gasteiger partial charge >= 0.3 is 28.9 Å². The fraction of sp³-hybridized carbons (Fsp3) is 0.333. The van der Waals surface area contributed by atoms with Gasteiger partial charge in [-0.2, -0.15) is 0 Å². The molecule has 0 N–H and O–H groups in total. The molecule has 3 aromatic carbocycles. The molecule has 0 aliphatic carbocycles. The average molecular weight is 707 g/mol. The van der Waals surface area contributed by atoms with Gasteiger partial charge in [-0.25, -0.2) is 0 Å². The molecule has 4 aliphatic rings. The molecule has 0 saturated carbocycles. The molecule has 35 heavy (non-hydrogen) atoms. The van der Waals surface area contributed by atoms with E-state index in [1.54, 1.807) is 6.26 Å². The van der Waals surface area contributed by atoms with Crippen LogP contribution in [0.2, 0.25) is 0 Å². The second kappa shape index (κ2) is 12.8. The van der Waals surface area contributed by atoms with Crippen LogP contribution in [0.3, 0.4) is 0 Å². The first-order valence-corrected chi connectivity index (χ1v) is 16.4. The maximum Gasteiger partial charge on any atom is 2.00 e. The third kappa shape index (κ3) is 5.22. The summed E-state index contributed by atoms with van der Waals surface area (Å²) >= 11 is 2.97. The summed E-state index contributed by atoms with van der Waals surface area (Å²) in [5, 5.41) is 4.31. The van der Waals surface area contributed by atoms with Crippen LogP contribution < -0.4 is 15.9 Å². The van der Waals surface area contributed by atoms with Crippen LogP contribution in [0, 0.1) is 0 Å². The second-order valence-corrected chi connectivity index (χ2v) is 14.6. The maximum atomic E-state index is 2.97. The van der Waals surface area contributed by atoms with Crippen molar-refractivity contribution in [2.45, 2.75) is 0 Å². The van der Waals surface area contributed by atoms with E-state index in [1.807, 2.05) is 0 Å². The first kappa shape index (κ1) is 27.4. The van der Waals surface area contributed by atoms with Crippen LogP contribution in [0.5, 0.6) is 0 Å². The molecule has 4 saturated heterocycles. The van der Waals surface area contributed by atoms with Crippen molar-refractivity contribution in [1.82, 2.24) is 18.7 Å². The Morgan fingerprint density at radius 1 is 0.486 bits per heavy atom. The molecule has 1 spiro atoms. The van der Waals surface area contributed by atoms with Gasteiger partial charge in [-0.15, -0.1) is 18.7 Å². The van der Waals surface area contributed by atoms with E-state index in [-0.39, 0.29) is 21.1 Å². The molecule has 0 radical (unpaired) electrons. The molecule has 186 valence electrons. The van der Waals surface area contributed by atoms with E-state index in [9.17, 15) is 0 Å². The maximum absolute atomic E-state index is 2.97. The van der Waals surface area contributed by atoms with Crippen molar-refractivity contribution < 1.29 is 21.1 Å². The number of hydrogen-bond acceptors (Lipinski definition) is 4. The van der Waals surface area contributed by atoms with E-state index in [2.05, 4.69) is 122 Å². The third-order valence-corrected chi connectivity index (χ3v) is 14.5. The van der Waals surface area contributed by atoms with Crippen molar-refractivity contribution >= 4 is 44.3 Å². The zero-order chi connectivity index (χ0) is 23.4. The Morgan fingerprint density at radius 3 is 0.943 bits per heavy atom. The fourth-order valence-electron chi connectivity index (χ4n) is 5.83. The molecular weight excluding hydrogens is 669 g/mol. The van der Waals surface area contributed by atoms with E-state index in [0.29, 0.717) is 0 Å².